The van der Waals surface area contributed by atoms with Crippen molar-refractivity contribution in [3.05, 3.63) is 58.9 Å². The van der Waals surface area contributed by atoms with E-state index in [1.54, 1.807) is 19.2 Å². The van der Waals surface area contributed by atoms with Crippen LogP contribution in [0.25, 0.3) is 0 Å². The van der Waals surface area contributed by atoms with E-state index in [4.69, 9.17) is 16.3 Å². The number of halogens is 2. The zero-order valence-electron chi connectivity index (χ0n) is 13.6. The molecule has 0 N–H and O–H groups in total. The van der Waals surface area contributed by atoms with Crippen molar-refractivity contribution in [2.75, 3.05) is 19.4 Å². The van der Waals surface area contributed by atoms with Gasteiger partial charge >= 0.3 is 0 Å². The highest BCUT2D eigenvalue weighted by Crippen LogP contribution is 2.23. The van der Waals surface area contributed by atoms with Crippen LogP contribution in [0.2, 0.25) is 5.02 Å². The number of carbonyl (C=O) groups is 1. The number of benzene rings is 2. The normalized spacial score (nSPS) is 10.5. The smallest absolute Gasteiger partial charge is 0.232 e. The Bertz CT molecular complexity index is 674. The molecule has 0 spiro atoms. The number of hydrogen-bond donors (Lipinski definition) is 0. The van der Waals surface area contributed by atoms with Gasteiger partial charge in [0, 0.05) is 29.1 Å². The maximum Gasteiger partial charge on any atom is 0.232 e. The summed E-state index contributed by atoms with van der Waals surface area (Å²) in [6.45, 7) is 2.70. The van der Waals surface area contributed by atoms with Gasteiger partial charge in [-0.15, -0.1) is 11.8 Å². The highest BCUT2D eigenvalue weighted by atomic mass is 35.5. The minimum Gasteiger partial charge on any atom is -0.494 e. The molecule has 0 aliphatic carbocycles. The lowest BCUT2D eigenvalue weighted by Crippen LogP contribution is -2.28. The summed E-state index contributed by atoms with van der Waals surface area (Å²) in [7, 11) is 1.64. The standard InChI is InChI=1S/C18H19ClFNO2S/c1-3-23-13-7-9-14(10-8-13)24-12-18(22)21(2)11-15-16(19)5-4-6-17(15)20/h4-10H,3,11-12H2,1-2H3. The average Bonchev–Trinajstić information content (AvgIpc) is 2.57. The quantitative estimate of drug-likeness (QED) is 0.668. The van der Waals surface area contributed by atoms with Crippen molar-refractivity contribution in [3.63, 3.8) is 0 Å². The molecule has 0 aliphatic heterocycles. The summed E-state index contributed by atoms with van der Waals surface area (Å²) in [5, 5.41) is 0.328. The molecule has 128 valence electrons. The zero-order chi connectivity index (χ0) is 17.5. The van der Waals surface area contributed by atoms with E-state index < -0.39 is 5.82 Å². The Morgan fingerprint density at radius 1 is 1.25 bits per heavy atom. The Labute approximate surface area is 150 Å². The highest BCUT2D eigenvalue weighted by molar-refractivity contribution is 8.00. The van der Waals surface area contributed by atoms with Crippen molar-refractivity contribution >= 4 is 29.3 Å². The first-order valence-electron chi connectivity index (χ1n) is 7.53. The Morgan fingerprint density at radius 2 is 1.96 bits per heavy atom. The minimum absolute atomic E-state index is 0.0896. The molecule has 0 fully saturated rings. The molecule has 0 bridgehead atoms. The van der Waals surface area contributed by atoms with Gasteiger partial charge in [0.2, 0.25) is 5.91 Å². The van der Waals surface area contributed by atoms with E-state index in [1.807, 2.05) is 31.2 Å². The third-order valence-electron chi connectivity index (χ3n) is 3.38. The fourth-order valence-electron chi connectivity index (χ4n) is 2.06. The number of rotatable bonds is 7. The average molecular weight is 368 g/mol. The molecule has 24 heavy (non-hydrogen) atoms. The third-order valence-corrected chi connectivity index (χ3v) is 4.73. The van der Waals surface area contributed by atoms with Crippen molar-refractivity contribution in [1.82, 2.24) is 4.90 Å². The van der Waals surface area contributed by atoms with E-state index >= 15 is 0 Å². The SMILES string of the molecule is CCOc1ccc(SCC(=O)N(C)Cc2c(F)cccc2Cl)cc1. The Balaban J connectivity index is 1.89. The van der Waals surface area contributed by atoms with Crippen LogP contribution in [0.15, 0.2) is 47.4 Å². The molecule has 0 saturated heterocycles. The maximum atomic E-state index is 13.8. The van der Waals surface area contributed by atoms with Crippen molar-refractivity contribution in [2.45, 2.75) is 18.4 Å². The number of thioether (sulfide) groups is 1. The summed E-state index contributed by atoms with van der Waals surface area (Å²) in [6, 6.07) is 12.1. The second-order valence-corrected chi connectivity index (χ2v) is 6.60. The molecule has 0 aliphatic rings. The maximum absolute atomic E-state index is 13.8. The molecule has 0 saturated carbocycles. The molecule has 0 radical (unpaired) electrons. The lowest BCUT2D eigenvalue weighted by atomic mass is 10.2. The Hall–Kier alpha value is -1.72. The molecule has 3 nitrogen and oxygen atoms in total. The summed E-state index contributed by atoms with van der Waals surface area (Å²) in [5.41, 5.74) is 0.334. The van der Waals surface area contributed by atoms with Gasteiger partial charge in [-0.3, -0.25) is 4.79 Å². The van der Waals surface area contributed by atoms with E-state index in [9.17, 15) is 9.18 Å². The molecule has 2 rings (SSSR count). The number of amides is 1. The molecule has 0 atom stereocenters. The molecule has 0 aromatic heterocycles. The van der Waals surface area contributed by atoms with E-state index in [0.29, 0.717) is 17.2 Å². The zero-order valence-corrected chi connectivity index (χ0v) is 15.2. The van der Waals surface area contributed by atoms with E-state index in [0.717, 1.165) is 10.6 Å². The first kappa shape index (κ1) is 18.6. The van der Waals surface area contributed by atoms with Gasteiger partial charge in [-0.05, 0) is 43.3 Å². The number of ether oxygens (including phenoxy) is 1. The summed E-state index contributed by atoms with van der Waals surface area (Å²) in [5.74, 6) is 0.588. The van der Waals surface area contributed by atoms with Crippen LogP contribution < -0.4 is 4.74 Å². The van der Waals surface area contributed by atoms with Crippen LogP contribution >= 0.6 is 23.4 Å². The minimum atomic E-state index is -0.402. The topological polar surface area (TPSA) is 29.5 Å². The van der Waals surface area contributed by atoms with Gasteiger partial charge in [0.25, 0.3) is 0 Å². The van der Waals surface area contributed by atoms with Crippen LogP contribution in [0.1, 0.15) is 12.5 Å². The number of carbonyl (C=O) groups excluding carboxylic acids is 1. The van der Waals surface area contributed by atoms with Gasteiger partial charge in [0.1, 0.15) is 11.6 Å². The van der Waals surface area contributed by atoms with Gasteiger partial charge in [-0.2, -0.15) is 0 Å². The van der Waals surface area contributed by atoms with Crippen molar-refractivity contribution in [1.29, 1.82) is 0 Å². The Kier molecular flexibility index (Phi) is 6.94. The Morgan fingerprint density at radius 3 is 2.58 bits per heavy atom. The van der Waals surface area contributed by atoms with Gasteiger partial charge in [0.05, 0.1) is 12.4 Å². The van der Waals surface area contributed by atoms with E-state index in [2.05, 4.69) is 0 Å². The van der Waals surface area contributed by atoms with Crippen molar-refractivity contribution in [2.24, 2.45) is 0 Å². The summed E-state index contributed by atoms with van der Waals surface area (Å²) < 4.78 is 19.2. The van der Waals surface area contributed by atoms with Gasteiger partial charge in [0.15, 0.2) is 0 Å². The summed E-state index contributed by atoms with van der Waals surface area (Å²) in [4.78, 5) is 14.7. The predicted octanol–water partition coefficient (Wildman–Crippen LogP) is 4.63. The molecule has 2 aromatic carbocycles. The van der Waals surface area contributed by atoms with E-state index in [-0.39, 0.29) is 18.2 Å². The van der Waals surface area contributed by atoms with Gasteiger partial charge in [-0.25, -0.2) is 4.39 Å². The van der Waals surface area contributed by atoms with Gasteiger partial charge < -0.3 is 9.64 Å². The second-order valence-electron chi connectivity index (χ2n) is 5.14. The molecule has 1 amide bonds. The summed E-state index contributed by atoms with van der Waals surface area (Å²) in [6.07, 6.45) is 0. The molecular weight excluding hydrogens is 349 g/mol. The fraction of sp³-hybridized carbons (Fsp3) is 0.278. The predicted molar refractivity (Wildman–Crippen MR) is 96.2 cm³/mol. The summed E-state index contributed by atoms with van der Waals surface area (Å²) >= 11 is 7.43. The van der Waals surface area contributed by atoms with Crippen molar-refractivity contribution < 1.29 is 13.9 Å². The van der Waals surface area contributed by atoms with Crippen LogP contribution in [0, 0.1) is 5.82 Å². The highest BCUT2D eigenvalue weighted by Gasteiger charge is 2.14. The monoisotopic (exact) mass is 367 g/mol. The number of nitrogens with zero attached hydrogens (tertiary/aromatic N) is 1. The fourth-order valence-corrected chi connectivity index (χ4v) is 3.12. The molecule has 2 aromatic rings. The van der Waals surface area contributed by atoms with Crippen LogP contribution in [0.4, 0.5) is 4.39 Å². The third kappa shape index (κ3) is 5.14. The van der Waals surface area contributed by atoms with Crippen LogP contribution in [0.5, 0.6) is 5.75 Å². The molecule has 6 heteroatoms. The lowest BCUT2D eigenvalue weighted by molar-refractivity contribution is -0.127. The molecule has 0 heterocycles. The first-order chi connectivity index (χ1) is 11.5. The van der Waals surface area contributed by atoms with Crippen molar-refractivity contribution in [3.8, 4) is 5.75 Å². The van der Waals surface area contributed by atoms with E-state index in [1.165, 1.54) is 22.7 Å². The second kappa shape index (κ2) is 8.94. The largest absolute Gasteiger partial charge is 0.494 e. The lowest BCUT2D eigenvalue weighted by Gasteiger charge is -2.18. The van der Waals surface area contributed by atoms with Gasteiger partial charge in [-0.1, -0.05) is 17.7 Å². The first-order valence-corrected chi connectivity index (χ1v) is 8.90. The van der Waals surface area contributed by atoms with Crippen LogP contribution in [-0.2, 0) is 11.3 Å². The molecule has 0 unspecified atom stereocenters. The van der Waals surface area contributed by atoms with Crippen LogP contribution in [-0.4, -0.2) is 30.2 Å². The van der Waals surface area contributed by atoms with Crippen LogP contribution in [0.3, 0.4) is 0 Å². The number of hydrogen-bond acceptors (Lipinski definition) is 3. The molecular formula is C18H19ClFNO2S.